The number of aryl methyl sites for hydroxylation is 1. The number of thiophene rings is 2. The van der Waals surface area contributed by atoms with Gasteiger partial charge in [0.1, 0.15) is 20.5 Å². The Balaban J connectivity index is 1.24. The molecule has 43 heavy (non-hydrogen) atoms. The fourth-order valence-electron chi connectivity index (χ4n) is 4.21. The number of ether oxygens (including phenoxy) is 4. The Morgan fingerprint density at radius 3 is 2.56 bits per heavy atom. The summed E-state index contributed by atoms with van der Waals surface area (Å²) in [7, 11) is -2.62. The number of sulfonamides is 1. The molecule has 5 rings (SSSR count). The summed E-state index contributed by atoms with van der Waals surface area (Å²) in [4.78, 5) is 38.8. The zero-order valence-corrected chi connectivity index (χ0v) is 25.1. The zero-order valence-electron chi connectivity index (χ0n) is 22.7. The number of fused-ring (bicyclic) bond motifs is 1. The van der Waals surface area contributed by atoms with Crippen LogP contribution in [0.1, 0.15) is 36.7 Å². The monoisotopic (exact) mass is 644 g/mol. The number of hydrogen-bond acceptors (Lipinski definition) is 12. The van der Waals surface area contributed by atoms with Crippen LogP contribution >= 0.6 is 22.7 Å². The molecule has 4 aromatic rings. The second kappa shape index (κ2) is 12.3. The van der Waals surface area contributed by atoms with E-state index in [1.54, 1.807) is 17.5 Å². The maximum Gasteiger partial charge on any atom is 0.342 e. The SMILES string of the molecule is COC(=O)c1c(NC(=O)COC(=O)c2ccc(NS(=O)(=O)c3cccs3)cc2O)sc(C)c1Cc1ccc2c(c1)OCO2. The van der Waals surface area contributed by atoms with Gasteiger partial charge in [-0.25, -0.2) is 18.0 Å². The fourth-order valence-corrected chi connectivity index (χ4v) is 7.33. The minimum atomic E-state index is -3.86. The standard InChI is InChI=1S/C28H24N2O10S3/c1-15-19(10-16-5-8-21-22(11-16)40-14-39-21)25(28(34)37-2)26(42-15)29-23(32)13-38-27(33)18-7-6-17(12-20(18)31)30-43(35,36)24-4-3-9-41-24/h3-9,11-12,30-31H,10,13-14H2,1-2H3,(H,29,32). The third-order valence-electron chi connectivity index (χ3n) is 6.23. The number of hydrogen-bond donors (Lipinski definition) is 3. The number of phenols is 1. The Morgan fingerprint density at radius 2 is 1.84 bits per heavy atom. The molecule has 3 heterocycles. The number of nitrogens with one attached hydrogen (secondary N) is 2. The summed E-state index contributed by atoms with van der Waals surface area (Å²) in [6.45, 7) is 1.22. The van der Waals surface area contributed by atoms with E-state index in [1.807, 2.05) is 19.1 Å². The van der Waals surface area contributed by atoms with Crippen LogP contribution in [0.2, 0.25) is 0 Å². The van der Waals surface area contributed by atoms with Crippen LogP contribution < -0.4 is 19.5 Å². The minimum Gasteiger partial charge on any atom is -0.507 e. The third-order valence-corrected chi connectivity index (χ3v) is 10.1. The number of esters is 2. The van der Waals surface area contributed by atoms with Crippen molar-refractivity contribution in [2.45, 2.75) is 17.6 Å². The van der Waals surface area contributed by atoms with Gasteiger partial charge >= 0.3 is 11.9 Å². The maximum atomic E-state index is 12.7. The van der Waals surface area contributed by atoms with Gasteiger partial charge in [0.05, 0.1) is 18.4 Å². The molecule has 0 fully saturated rings. The fraction of sp³-hybridized carbons (Fsp3) is 0.179. The van der Waals surface area contributed by atoms with E-state index in [0.29, 0.717) is 23.5 Å². The highest BCUT2D eigenvalue weighted by Gasteiger charge is 2.26. The molecule has 0 saturated heterocycles. The Hall–Kier alpha value is -4.60. The smallest absolute Gasteiger partial charge is 0.342 e. The summed E-state index contributed by atoms with van der Waals surface area (Å²) in [6.07, 6.45) is 0.354. The number of aromatic hydroxyl groups is 1. The topological polar surface area (TPSA) is 167 Å². The average molecular weight is 645 g/mol. The summed E-state index contributed by atoms with van der Waals surface area (Å²) in [5.74, 6) is -1.71. The molecule has 0 aliphatic carbocycles. The highest BCUT2D eigenvalue weighted by Crippen LogP contribution is 2.38. The minimum absolute atomic E-state index is 0.0279. The molecule has 0 spiro atoms. The number of carbonyl (C=O) groups is 3. The van der Waals surface area contributed by atoms with E-state index in [-0.39, 0.29) is 32.8 Å². The summed E-state index contributed by atoms with van der Waals surface area (Å²) in [5, 5.41) is 14.8. The molecule has 0 atom stereocenters. The van der Waals surface area contributed by atoms with Gasteiger partial charge in [-0.1, -0.05) is 12.1 Å². The molecule has 12 nitrogen and oxygen atoms in total. The predicted octanol–water partition coefficient (Wildman–Crippen LogP) is 4.53. The second-order valence-electron chi connectivity index (χ2n) is 9.09. The summed E-state index contributed by atoms with van der Waals surface area (Å²) in [6, 6.07) is 12.0. The van der Waals surface area contributed by atoms with Crippen molar-refractivity contribution in [3.8, 4) is 17.2 Å². The Morgan fingerprint density at radius 1 is 1.05 bits per heavy atom. The van der Waals surface area contributed by atoms with Crippen LogP contribution in [-0.2, 0) is 30.7 Å². The number of methoxy groups -OCH3 is 1. The van der Waals surface area contributed by atoms with E-state index < -0.39 is 40.2 Å². The van der Waals surface area contributed by atoms with E-state index >= 15 is 0 Å². The molecule has 0 radical (unpaired) electrons. The van der Waals surface area contributed by atoms with Gasteiger partial charge in [0.2, 0.25) is 6.79 Å². The molecule has 1 aliphatic heterocycles. The molecular formula is C28H24N2O10S3. The first-order chi connectivity index (χ1) is 20.6. The molecule has 224 valence electrons. The largest absolute Gasteiger partial charge is 0.507 e. The van der Waals surface area contributed by atoms with Gasteiger partial charge in [0, 0.05) is 10.9 Å². The lowest BCUT2D eigenvalue weighted by molar-refractivity contribution is -0.119. The molecule has 2 aromatic carbocycles. The van der Waals surface area contributed by atoms with Crippen LogP contribution in [0, 0.1) is 6.92 Å². The number of benzene rings is 2. The van der Waals surface area contributed by atoms with Crippen molar-refractivity contribution in [2.24, 2.45) is 0 Å². The molecule has 0 saturated carbocycles. The summed E-state index contributed by atoms with van der Waals surface area (Å²) >= 11 is 2.19. The lowest BCUT2D eigenvalue weighted by atomic mass is 10.0. The van der Waals surface area contributed by atoms with Gasteiger partial charge in [-0.05, 0) is 60.2 Å². The zero-order chi connectivity index (χ0) is 30.7. The van der Waals surface area contributed by atoms with Crippen molar-refractivity contribution in [3.05, 3.63) is 81.0 Å². The molecule has 3 N–H and O–H groups in total. The molecule has 1 amide bonds. The number of rotatable bonds is 10. The summed E-state index contributed by atoms with van der Waals surface area (Å²) in [5.41, 5.74) is 1.44. The lowest BCUT2D eigenvalue weighted by Crippen LogP contribution is -2.22. The van der Waals surface area contributed by atoms with Crippen molar-refractivity contribution in [3.63, 3.8) is 0 Å². The van der Waals surface area contributed by atoms with Gasteiger partial charge < -0.3 is 29.4 Å². The van der Waals surface area contributed by atoms with Gasteiger partial charge in [0.25, 0.3) is 15.9 Å². The van der Waals surface area contributed by atoms with Crippen molar-refractivity contribution >= 4 is 61.2 Å². The van der Waals surface area contributed by atoms with E-state index in [1.165, 1.54) is 36.6 Å². The lowest BCUT2D eigenvalue weighted by Gasteiger charge is -2.10. The Bertz CT molecular complexity index is 1810. The maximum absolute atomic E-state index is 12.7. The highest BCUT2D eigenvalue weighted by atomic mass is 32.2. The molecular weight excluding hydrogens is 621 g/mol. The Labute approximate surface area is 253 Å². The number of amides is 1. The van der Waals surface area contributed by atoms with Crippen molar-refractivity contribution in [2.75, 3.05) is 30.5 Å². The second-order valence-corrected chi connectivity index (χ2v) is 13.2. The first kappa shape index (κ1) is 29.9. The van der Waals surface area contributed by atoms with Gasteiger partial charge in [-0.15, -0.1) is 22.7 Å². The van der Waals surface area contributed by atoms with Crippen LogP contribution in [0.5, 0.6) is 17.2 Å². The predicted molar refractivity (Wildman–Crippen MR) is 158 cm³/mol. The summed E-state index contributed by atoms with van der Waals surface area (Å²) < 4.78 is 48.0. The van der Waals surface area contributed by atoms with E-state index in [4.69, 9.17) is 18.9 Å². The van der Waals surface area contributed by atoms with Crippen LogP contribution in [0.4, 0.5) is 10.7 Å². The first-order valence-corrected chi connectivity index (χ1v) is 15.7. The number of phenolic OH excluding ortho intramolecular Hbond substituents is 1. The number of carbonyl (C=O) groups excluding carboxylic acids is 3. The van der Waals surface area contributed by atoms with Crippen LogP contribution in [0.15, 0.2) is 58.1 Å². The Kier molecular flexibility index (Phi) is 8.57. The van der Waals surface area contributed by atoms with E-state index in [0.717, 1.165) is 27.8 Å². The third kappa shape index (κ3) is 6.58. The molecule has 2 aromatic heterocycles. The van der Waals surface area contributed by atoms with Crippen LogP contribution in [-0.4, -0.2) is 51.9 Å². The van der Waals surface area contributed by atoms with Crippen LogP contribution in [0.25, 0.3) is 0 Å². The van der Waals surface area contributed by atoms with Crippen LogP contribution in [0.3, 0.4) is 0 Å². The van der Waals surface area contributed by atoms with Gasteiger partial charge in [0.15, 0.2) is 18.1 Å². The average Bonchev–Trinajstić information content (AvgIpc) is 3.73. The number of anilines is 2. The van der Waals surface area contributed by atoms with Gasteiger partial charge in [-0.2, -0.15) is 0 Å². The molecule has 15 heteroatoms. The van der Waals surface area contributed by atoms with E-state index in [2.05, 4.69) is 10.0 Å². The quantitative estimate of drug-likeness (QED) is 0.209. The van der Waals surface area contributed by atoms with E-state index in [9.17, 15) is 27.9 Å². The van der Waals surface area contributed by atoms with Crippen molar-refractivity contribution in [1.82, 2.24) is 0 Å². The van der Waals surface area contributed by atoms with Gasteiger partial charge in [-0.3, -0.25) is 9.52 Å². The van der Waals surface area contributed by atoms with Crippen molar-refractivity contribution in [1.29, 1.82) is 0 Å². The van der Waals surface area contributed by atoms with Crippen molar-refractivity contribution < 1.29 is 46.9 Å². The highest BCUT2D eigenvalue weighted by molar-refractivity contribution is 7.94. The molecule has 1 aliphatic rings. The normalized spacial score (nSPS) is 12.0. The molecule has 0 bridgehead atoms. The molecule has 0 unspecified atom stereocenters. The first-order valence-electron chi connectivity index (χ1n) is 12.5.